The van der Waals surface area contributed by atoms with Crippen molar-refractivity contribution < 1.29 is 4.74 Å². The van der Waals surface area contributed by atoms with Crippen LogP contribution < -0.4 is 0 Å². The van der Waals surface area contributed by atoms with Crippen LogP contribution in [0.25, 0.3) is 11.3 Å². The fraction of sp³-hybridized carbons (Fsp3) is 0.667. The fourth-order valence-electron chi connectivity index (χ4n) is 3.59. The summed E-state index contributed by atoms with van der Waals surface area (Å²) in [7, 11) is 0. The molecule has 0 amide bonds. The number of nitrogens with zero attached hydrogens (tertiary/aromatic N) is 5. The summed E-state index contributed by atoms with van der Waals surface area (Å²) in [4.78, 5) is 6.90. The van der Waals surface area contributed by atoms with Crippen molar-refractivity contribution in [3.63, 3.8) is 0 Å². The molecule has 6 heteroatoms. The first-order valence-corrected chi connectivity index (χ1v) is 8.98. The van der Waals surface area contributed by atoms with E-state index in [4.69, 9.17) is 9.84 Å². The van der Waals surface area contributed by atoms with Crippen LogP contribution in [0.1, 0.15) is 37.7 Å². The van der Waals surface area contributed by atoms with Gasteiger partial charge in [-0.05, 0) is 27.2 Å². The molecule has 1 aliphatic heterocycles. The van der Waals surface area contributed by atoms with E-state index in [1.807, 2.05) is 12.5 Å². The van der Waals surface area contributed by atoms with Crippen molar-refractivity contribution in [1.82, 2.24) is 24.2 Å². The Bertz CT molecular complexity index is 669. The number of ether oxygens (including phenoxy) is 1. The molecule has 1 atom stereocenters. The molecule has 0 aliphatic carbocycles. The first-order valence-electron chi connectivity index (χ1n) is 8.98. The van der Waals surface area contributed by atoms with Gasteiger partial charge in [-0.1, -0.05) is 6.92 Å². The molecule has 0 radical (unpaired) electrons. The van der Waals surface area contributed by atoms with Crippen molar-refractivity contribution in [2.45, 2.75) is 46.7 Å². The molecule has 0 spiro atoms. The second-order valence-corrected chi connectivity index (χ2v) is 6.72. The van der Waals surface area contributed by atoms with Crippen LogP contribution in [0.15, 0.2) is 12.5 Å². The third-order valence-corrected chi connectivity index (χ3v) is 4.84. The molecule has 2 aromatic heterocycles. The zero-order valence-electron chi connectivity index (χ0n) is 15.3. The van der Waals surface area contributed by atoms with Crippen LogP contribution in [0.5, 0.6) is 0 Å². The van der Waals surface area contributed by atoms with Crippen LogP contribution >= 0.6 is 0 Å². The van der Waals surface area contributed by atoms with E-state index < -0.39 is 0 Å². The van der Waals surface area contributed by atoms with Gasteiger partial charge in [0, 0.05) is 43.5 Å². The number of hydrogen-bond acceptors (Lipinski definition) is 4. The molecule has 1 aliphatic rings. The highest BCUT2D eigenvalue weighted by atomic mass is 16.5. The lowest BCUT2D eigenvalue weighted by atomic mass is 10.1. The van der Waals surface area contributed by atoms with Gasteiger partial charge in [0.05, 0.1) is 37.1 Å². The molecular formula is C18H29N5O. The lowest BCUT2D eigenvalue weighted by Gasteiger charge is -2.30. The third kappa shape index (κ3) is 3.39. The molecule has 1 saturated heterocycles. The Morgan fingerprint density at radius 1 is 1.25 bits per heavy atom. The van der Waals surface area contributed by atoms with Gasteiger partial charge in [0.15, 0.2) is 0 Å². The maximum Gasteiger partial charge on any atom is 0.0953 e. The van der Waals surface area contributed by atoms with Crippen LogP contribution in [-0.2, 0) is 11.3 Å². The van der Waals surface area contributed by atoms with Gasteiger partial charge in [-0.25, -0.2) is 4.98 Å². The molecule has 0 N–H and O–H groups in total. The van der Waals surface area contributed by atoms with Crippen molar-refractivity contribution in [1.29, 1.82) is 0 Å². The lowest BCUT2D eigenvalue weighted by Crippen LogP contribution is -2.39. The van der Waals surface area contributed by atoms with Gasteiger partial charge >= 0.3 is 0 Å². The highest BCUT2D eigenvalue weighted by Crippen LogP contribution is 2.29. The predicted octanol–water partition coefficient (Wildman–Crippen LogP) is 2.67. The Morgan fingerprint density at radius 3 is 2.71 bits per heavy atom. The SMILES string of the molecule is CCCn1nc(C)c(-c2cncn2[C@@H](C)CN2CCOCC2)c1C. The average Bonchev–Trinajstić information content (AvgIpc) is 3.14. The van der Waals surface area contributed by atoms with Crippen molar-refractivity contribution in [3.8, 4) is 11.3 Å². The first kappa shape index (κ1) is 17.2. The van der Waals surface area contributed by atoms with Crippen molar-refractivity contribution in [2.75, 3.05) is 32.8 Å². The Kier molecular flexibility index (Phi) is 5.36. The van der Waals surface area contributed by atoms with E-state index in [1.165, 1.54) is 17.0 Å². The summed E-state index contributed by atoms with van der Waals surface area (Å²) in [6.45, 7) is 14.4. The number of morpholine rings is 1. The number of hydrogen-bond donors (Lipinski definition) is 0. The van der Waals surface area contributed by atoms with E-state index in [9.17, 15) is 0 Å². The molecule has 0 aromatic carbocycles. The summed E-state index contributed by atoms with van der Waals surface area (Å²) < 4.78 is 9.86. The molecule has 24 heavy (non-hydrogen) atoms. The fourth-order valence-corrected chi connectivity index (χ4v) is 3.59. The summed E-state index contributed by atoms with van der Waals surface area (Å²) in [5, 5.41) is 4.72. The molecule has 6 nitrogen and oxygen atoms in total. The minimum Gasteiger partial charge on any atom is -0.379 e. The summed E-state index contributed by atoms with van der Waals surface area (Å²) in [6, 6.07) is 0.369. The van der Waals surface area contributed by atoms with E-state index in [1.54, 1.807) is 0 Å². The van der Waals surface area contributed by atoms with Gasteiger partial charge in [0.1, 0.15) is 0 Å². The average molecular weight is 331 g/mol. The van der Waals surface area contributed by atoms with Gasteiger partial charge in [0.25, 0.3) is 0 Å². The minimum atomic E-state index is 0.369. The normalized spacial score (nSPS) is 17.3. The Hall–Kier alpha value is -1.66. The van der Waals surface area contributed by atoms with Crippen molar-refractivity contribution in [3.05, 3.63) is 23.9 Å². The maximum atomic E-state index is 5.45. The second-order valence-electron chi connectivity index (χ2n) is 6.72. The summed E-state index contributed by atoms with van der Waals surface area (Å²) >= 11 is 0. The van der Waals surface area contributed by atoms with E-state index >= 15 is 0 Å². The zero-order chi connectivity index (χ0) is 17.1. The highest BCUT2D eigenvalue weighted by molar-refractivity contribution is 5.65. The van der Waals surface area contributed by atoms with Crippen LogP contribution in [0.3, 0.4) is 0 Å². The van der Waals surface area contributed by atoms with Gasteiger partial charge in [-0.2, -0.15) is 5.10 Å². The molecule has 2 aromatic rings. The van der Waals surface area contributed by atoms with Gasteiger partial charge in [-0.15, -0.1) is 0 Å². The first-order chi connectivity index (χ1) is 11.6. The van der Waals surface area contributed by atoms with Gasteiger partial charge in [0.2, 0.25) is 0 Å². The number of aryl methyl sites for hydroxylation is 2. The topological polar surface area (TPSA) is 48.1 Å². The third-order valence-electron chi connectivity index (χ3n) is 4.84. The number of aromatic nitrogens is 4. The molecular weight excluding hydrogens is 302 g/mol. The van der Waals surface area contributed by atoms with Gasteiger partial charge in [-0.3, -0.25) is 9.58 Å². The Morgan fingerprint density at radius 2 is 2.00 bits per heavy atom. The molecule has 0 saturated carbocycles. The summed E-state index contributed by atoms with van der Waals surface area (Å²) in [5.74, 6) is 0. The van der Waals surface area contributed by atoms with E-state index in [0.717, 1.165) is 51.5 Å². The van der Waals surface area contributed by atoms with E-state index in [-0.39, 0.29) is 0 Å². The number of rotatable bonds is 6. The van der Waals surface area contributed by atoms with Crippen molar-refractivity contribution in [2.24, 2.45) is 0 Å². The molecule has 3 rings (SSSR count). The minimum absolute atomic E-state index is 0.369. The largest absolute Gasteiger partial charge is 0.379 e. The van der Waals surface area contributed by atoms with Crippen LogP contribution in [0, 0.1) is 13.8 Å². The van der Waals surface area contributed by atoms with Crippen LogP contribution in [0.2, 0.25) is 0 Å². The smallest absolute Gasteiger partial charge is 0.0953 e. The quantitative estimate of drug-likeness (QED) is 0.816. The Balaban J connectivity index is 1.85. The maximum absolute atomic E-state index is 5.45. The summed E-state index contributed by atoms with van der Waals surface area (Å²) in [5.41, 5.74) is 4.72. The standard InChI is InChI=1S/C18H29N5O/c1-5-6-23-16(4)18(15(3)20-23)17-11-19-13-22(17)14(2)12-21-7-9-24-10-8-21/h11,13-14H,5-10,12H2,1-4H3/t14-/m0/s1. The molecule has 132 valence electrons. The van der Waals surface area contributed by atoms with Crippen LogP contribution in [0.4, 0.5) is 0 Å². The highest BCUT2D eigenvalue weighted by Gasteiger charge is 2.21. The number of imidazole rings is 1. The van der Waals surface area contributed by atoms with Crippen LogP contribution in [-0.4, -0.2) is 57.1 Å². The van der Waals surface area contributed by atoms with Gasteiger partial charge < -0.3 is 9.30 Å². The van der Waals surface area contributed by atoms with Crippen molar-refractivity contribution >= 4 is 0 Å². The monoisotopic (exact) mass is 331 g/mol. The van der Waals surface area contributed by atoms with E-state index in [2.05, 4.69) is 46.8 Å². The molecule has 0 unspecified atom stereocenters. The summed E-state index contributed by atoms with van der Waals surface area (Å²) in [6.07, 6.45) is 5.02. The van der Waals surface area contributed by atoms with E-state index in [0.29, 0.717) is 6.04 Å². The second kappa shape index (κ2) is 7.49. The lowest BCUT2D eigenvalue weighted by molar-refractivity contribution is 0.0326. The molecule has 3 heterocycles. The molecule has 1 fully saturated rings. The zero-order valence-corrected chi connectivity index (χ0v) is 15.3. The Labute approximate surface area is 144 Å². The molecule has 0 bridgehead atoms. The predicted molar refractivity (Wildman–Crippen MR) is 95.2 cm³/mol.